The van der Waals surface area contributed by atoms with Gasteiger partial charge in [-0.3, -0.25) is 19.6 Å². The summed E-state index contributed by atoms with van der Waals surface area (Å²) in [5.74, 6) is -2.68. The molecular formula is C21H31N3O7. The second-order valence-electron chi connectivity index (χ2n) is 8.07. The fourth-order valence-corrected chi connectivity index (χ4v) is 2.59. The highest BCUT2D eigenvalue weighted by Crippen LogP contribution is 2.15. The summed E-state index contributed by atoms with van der Waals surface area (Å²) in [6, 6.07) is 5.87. The Morgan fingerprint density at radius 2 is 1.55 bits per heavy atom. The standard InChI is InChI=1S/C21H31N3O7/c1-13(25)16(19(28)24-30)12-17(26)14-6-8-15(9-7-14)18(27)22-10-5-11-23-20(29)31-21(2,3)4/h6-9,13,16,25,30H,5,10-12H2,1-4H3,(H,22,27)(H,23,29)(H,24,28)/t13-,16+/m1/s1. The van der Waals surface area contributed by atoms with Crippen LogP contribution in [0.1, 0.15) is 61.3 Å². The van der Waals surface area contributed by atoms with Gasteiger partial charge in [-0.15, -0.1) is 0 Å². The van der Waals surface area contributed by atoms with E-state index in [2.05, 4.69) is 10.6 Å². The third-order valence-electron chi connectivity index (χ3n) is 4.21. The van der Waals surface area contributed by atoms with Crippen molar-refractivity contribution in [1.29, 1.82) is 0 Å². The summed E-state index contributed by atoms with van der Waals surface area (Å²) in [5, 5.41) is 23.6. The number of Topliss-reactive ketones (excluding diaryl/α,β-unsaturated/α-hetero) is 1. The van der Waals surface area contributed by atoms with Crippen LogP contribution in [0.3, 0.4) is 0 Å². The van der Waals surface area contributed by atoms with E-state index in [9.17, 15) is 24.3 Å². The molecule has 172 valence electrons. The first-order valence-electron chi connectivity index (χ1n) is 9.95. The summed E-state index contributed by atoms with van der Waals surface area (Å²) in [6.07, 6.45) is -1.42. The van der Waals surface area contributed by atoms with Gasteiger partial charge in [0.05, 0.1) is 12.0 Å². The van der Waals surface area contributed by atoms with Crippen molar-refractivity contribution < 1.29 is 34.2 Å². The van der Waals surface area contributed by atoms with Crippen LogP contribution in [0.4, 0.5) is 4.79 Å². The van der Waals surface area contributed by atoms with Crippen LogP contribution < -0.4 is 16.1 Å². The molecule has 0 aromatic heterocycles. The average molecular weight is 437 g/mol. The number of carbonyl (C=O) groups is 4. The Morgan fingerprint density at radius 1 is 1.00 bits per heavy atom. The van der Waals surface area contributed by atoms with E-state index in [1.165, 1.54) is 36.7 Å². The zero-order chi connectivity index (χ0) is 23.6. The predicted molar refractivity (Wildman–Crippen MR) is 112 cm³/mol. The van der Waals surface area contributed by atoms with Crippen LogP contribution in [-0.2, 0) is 9.53 Å². The highest BCUT2D eigenvalue weighted by Gasteiger charge is 2.26. The molecule has 0 aliphatic rings. The van der Waals surface area contributed by atoms with Crippen molar-refractivity contribution >= 4 is 23.7 Å². The Hall–Kier alpha value is -2.98. The molecule has 0 radical (unpaired) electrons. The fraction of sp³-hybridized carbons (Fsp3) is 0.524. The van der Waals surface area contributed by atoms with E-state index in [1.807, 2.05) is 0 Å². The topological polar surface area (TPSA) is 154 Å². The first-order valence-corrected chi connectivity index (χ1v) is 9.95. The van der Waals surface area contributed by atoms with Crippen molar-refractivity contribution in [3.8, 4) is 0 Å². The van der Waals surface area contributed by atoms with Crippen molar-refractivity contribution in [2.45, 2.75) is 52.2 Å². The molecule has 2 atom stereocenters. The Balaban J connectivity index is 2.48. The van der Waals surface area contributed by atoms with Gasteiger partial charge in [-0.2, -0.15) is 0 Å². The van der Waals surface area contributed by atoms with Gasteiger partial charge in [0, 0.05) is 30.6 Å². The van der Waals surface area contributed by atoms with Gasteiger partial charge in [-0.1, -0.05) is 12.1 Å². The normalized spacial score (nSPS) is 13.0. The molecule has 0 heterocycles. The highest BCUT2D eigenvalue weighted by atomic mass is 16.6. The van der Waals surface area contributed by atoms with E-state index in [0.717, 1.165) is 0 Å². The molecular weight excluding hydrogens is 406 g/mol. The lowest BCUT2D eigenvalue weighted by molar-refractivity contribution is -0.136. The van der Waals surface area contributed by atoms with Crippen molar-refractivity contribution in [1.82, 2.24) is 16.1 Å². The maximum absolute atomic E-state index is 12.3. The number of ether oxygens (including phenoxy) is 1. The molecule has 0 spiro atoms. The van der Waals surface area contributed by atoms with Gasteiger partial charge in [0.1, 0.15) is 5.60 Å². The summed E-state index contributed by atoms with van der Waals surface area (Å²) >= 11 is 0. The van der Waals surface area contributed by atoms with E-state index in [4.69, 9.17) is 9.94 Å². The molecule has 0 saturated carbocycles. The number of aliphatic hydroxyl groups excluding tert-OH is 1. The first kappa shape index (κ1) is 26.1. The zero-order valence-corrected chi connectivity index (χ0v) is 18.2. The molecule has 0 aliphatic carbocycles. The number of nitrogens with one attached hydrogen (secondary N) is 3. The van der Waals surface area contributed by atoms with E-state index < -0.39 is 35.4 Å². The van der Waals surface area contributed by atoms with Crippen molar-refractivity contribution in [2.75, 3.05) is 13.1 Å². The molecule has 10 nitrogen and oxygen atoms in total. The van der Waals surface area contributed by atoms with Crippen LogP contribution in [0.15, 0.2) is 24.3 Å². The van der Waals surface area contributed by atoms with Crippen LogP contribution in [0.2, 0.25) is 0 Å². The number of amides is 3. The number of hydroxylamine groups is 1. The molecule has 0 bridgehead atoms. The van der Waals surface area contributed by atoms with Gasteiger partial charge >= 0.3 is 6.09 Å². The Kier molecular flexibility index (Phi) is 10.1. The molecule has 31 heavy (non-hydrogen) atoms. The number of hydrogen-bond acceptors (Lipinski definition) is 7. The minimum atomic E-state index is -1.12. The number of ketones is 1. The molecule has 1 aromatic rings. The second-order valence-corrected chi connectivity index (χ2v) is 8.07. The third kappa shape index (κ3) is 9.58. The summed E-state index contributed by atoms with van der Waals surface area (Å²) in [4.78, 5) is 47.6. The number of benzene rings is 1. The molecule has 0 unspecified atom stereocenters. The van der Waals surface area contributed by atoms with Gasteiger partial charge in [-0.05, 0) is 46.2 Å². The van der Waals surface area contributed by atoms with Crippen LogP contribution in [0.5, 0.6) is 0 Å². The van der Waals surface area contributed by atoms with Crippen molar-refractivity contribution in [3.05, 3.63) is 35.4 Å². The molecule has 10 heteroatoms. The lowest BCUT2D eigenvalue weighted by Crippen LogP contribution is -2.36. The highest BCUT2D eigenvalue weighted by molar-refractivity contribution is 6.00. The van der Waals surface area contributed by atoms with Gasteiger partial charge in [0.2, 0.25) is 5.91 Å². The van der Waals surface area contributed by atoms with Crippen molar-refractivity contribution in [3.63, 3.8) is 0 Å². The number of alkyl carbamates (subject to hydrolysis) is 1. The van der Waals surface area contributed by atoms with E-state index in [0.29, 0.717) is 25.1 Å². The van der Waals surface area contributed by atoms with Gasteiger partial charge in [-0.25, -0.2) is 10.3 Å². The lowest BCUT2D eigenvalue weighted by Gasteiger charge is -2.19. The second kappa shape index (κ2) is 12.0. The van der Waals surface area contributed by atoms with Crippen LogP contribution in [-0.4, -0.2) is 58.8 Å². The molecule has 3 amide bonds. The number of carbonyl (C=O) groups excluding carboxylic acids is 4. The van der Waals surface area contributed by atoms with E-state index in [1.54, 1.807) is 20.8 Å². The average Bonchev–Trinajstić information content (AvgIpc) is 2.69. The number of aliphatic hydroxyl groups is 1. The lowest BCUT2D eigenvalue weighted by atomic mass is 9.93. The summed E-state index contributed by atoms with van der Waals surface area (Å²) < 4.78 is 5.11. The smallest absolute Gasteiger partial charge is 0.407 e. The number of hydrogen-bond donors (Lipinski definition) is 5. The van der Waals surface area contributed by atoms with Crippen LogP contribution in [0.25, 0.3) is 0 Å². The monoisotopic (exact) mass is 437 g/mol. The SMILES string of the molecule is C[C@@H](O)[C@H](CC(=O)c1ccc(C(=O)NCCCNC(=O)OC(C)(C)C)cc1)C(=O)NO. The van der Waals surface area contributed by atoms with Gasteiger partial charge in [0.15, 0.2) is 5.78 Å². The predicted octanol–water partition coefficient (Wildman–Crippen LogP) is 1.41. The van der Waals surface area contributed by atoms with Crippen molar-refractivity contribution in [2.24, 2.45) is 5.92 Å². The third-order valence-corrected chi connectivity index (χ3v) is 4.21. The molecule has 0 aliphatic heterocycles. The van der Waals surface area contributed by atoms with E-state index in [-0.39, 0.29) is 17.9 Å². The number of rotatable bonds is 10. The summed E-state index contributed by atoms with van der Waals surface area (Å²) in [5.41, 5.74) is 1.48. The fourth-order valence-electron chi connectivity index (χ4n) is 2.59. The molecule has 1 rings (SSSR count). The Morgan fingerprint density at radius 3 is 2.06 bits per heavy atom. The molecule has 1 aromatic carbocycles. The maximum atomic E-state index is 12.3. The Labute approximate surface area is 181 Å². The van der Waals surface area contributed by atoms with Crippen LogP contribution in [0, 0.1) is 5.92 Å². The minimum absolute atomic E-state index is 0.273. The zero-order valence-electron chi connectivity index (χ0n) is 18.2. The van der Waals surface area contributed by atoms with Gasteiger partial charge in [0.25, 0.3) is 5.91 Å². The molecule has 0 fully saturated rings. The largest absolute Gasteiger partial charge is 0.444 e. The first-order chi connectivity index (χ1) is 14.4. The van der Waals surface area contributed by atoms with Crippen LogP contribution >= 0.6 is 0 Å². The molecule has 0 saturated heterocycles. The Bertz CT molecular complexity index is 770. The minimum Gasteiger partial charge on any atom is -0.444 e. The molecule has 5 N–H and O–H groups in total. The van der Waals surface area contributed by atoms with Gasteiger partial charge < -0.3 is 20.5 Å². The van der Waals surface area contributed by atoms with E-state index >= 15 is 0 Å². The summed E-state index contributed by atoms with van der Waals surface area (Å²) in [7, 11) is 0. The summed E-state index contributed by atoms with van der Waals surface area (Å²) in [6.45, 7) is 7.33. The maximum Gasteiger partial charge on any atom is 0.407 e. The quantitative estimate of drug-likeness (QED) is 0.160.